The van der Waals surface area contributed by atoms with Gasteiger partial charge in [-0.3, -0.25) is 4.98 Å². The van der Waals surface area contributed by atoms with E-state index in [0.29, 0.717) is 5.82 Å². The average molecular weight is 757 g/mol. The van der Waals surface area contributed by atoms with Crippen LogP contribution in [0.4, 0.5) is 0 Å². The van der Waals surface area contributed by atoms with Crippen LogP contribution in [-0.2, 0) is 0 Å². The summed E-state index contributed by atoms with van der Waals surface area (Å²) in [6.07, 6.45) is 1.82. The van der Waals surface area contributed by atoms with Crippen molar-refractivity contribution in [1.29, 1.82) is 0 Å². The van der Waals surface area contributed by atoms with E-state index in [2.05, 4.69) is 180 Å². The van der Waals surface area contributed by atoms with Crippen molar-refractivity contribution in [2.45, 2.75) is 0 Å². The number of pyridine rings is 1. The van der Waals surface area contributed by atoms with E-state index in [1.165, 1.54) is 52.8 Å². The molecule has 58 heavy (non-hydrogen) atoms. The fraction of sp³-hybridized carbons (Fsp3) is 0. The second kappa shape index (κ2) is 13.1. The molecule has 0 N–H and O–H groups in total. The Morgan fingerprint density at radius 3 is 1.79 bits per heavy atom. The number of fused-ring (bicyclic) bond motifs is 11. The maximum Gasteiger partial charge on any atom is 0.160 e. The van der Waals surface area contributed by atoms with Gasteiger partial charge in [-0.15, -0.1) is 11.3 Å². The first kappa shape index (κ1) is 32.7. The van der Waals surface area contributed by atoms with Crippen LogP contribution in [0.1, 0.15) is 0 Å². The van der Waals surface area contributed by atoms with E-state index < -0.39 is 0 Å². The van der Waals surface area contributed by atoms with Crippen LogP contribution < -0.4 is 0 Å². The van der Waals surface area contributed by atoms with Crippen LogP contribution in [0, 0.1) is 0 Å². The smallest absolute Gasteiger partial charge is 0.160 e. The monoisotopic (exact) mass is 756 g/mol. The average Bonchev–Trinajstić information content (AvgIpc) is 3.86. The topological polar surface area (TPSA) is 43.6 Å². The normalized spacial score (nSPS) is 11.8. The highest BCUT2D eigenvalue weighted by molar-refractivity contribution is 7.27. The molecule has 270 valence electrons. The molecule has 5 heteroatoms. The molecular weight excluding hydrogens is 725 g/mol. The van der Waals surface area contributed by atoms with Gasteiger partial charge in [0.2, 0.25) is 0 Å². The minimum Gasteiger partial charge on any atom is -0.309 e. The second-order valence-electron chi connectivity index (χ2n) is 14.8. The molecule has 0 amide bonds. The molecule has 4 aromatic heterocycles. The number of aromatic nitrogens is 4. The van der Waals surface area contributed by atoms with Gasteiger partial charge in [0.05, 0.1) is 16.6 Å². The van der Waals surface area contributed by atoms with E-state index >= 15 is 0 Å². The lowest BCUT2D eigenvalue weighted by molar-refractivity contribution is 1.18. The summed E-state index contributed by atoms with van der Waals surface area (Å²) in [5.41, 5.74) is 12.4. The van der Waals surface area contributed by atoms with Crippen molar-refractivity contribution in [1.82, 2.24) is 19.5 Å². The maximum absolute atomic E-state index is 5.33. The number of rotatable bonds is 5. The van der Waals surface area contributed by atoms with Crippen LogP contribution >= 0.6 is 11.3 Å². The maximum atomic E-state index is 5.33. The van der Waals surface area contributed by atoms with Gasteiger partial charge in [0, 0.05) is 59.3 Å². The van der Waals surface area contributed by atoms with Gasteiger partial charge in [-0.2, -0.15) is 0 Å². The minimum atomic E-state index is 0.660. The molecule has 0 radical (unpaired) electrons. The van der Waals surface area contributed by atoms with E-state index in [1.807, 2.05) is 29.7 Å². The predicted molar refractivity (Wildman–Crippen MR) is 244 cm³/mol. The van der Waals surface area contributed by atoms with Crippen LogP contribution in [0.3, 0.4) is 0 Å². The quantitative estimate of drug-likeness (QED) is 0.176. The summed E-state index contributed by atoms with van der Waals surface area (Å²) in [4.78, 5) is 15.3. The summed E-state index contributed by atoms with van der Waals surface area (Å²) in [6, 6.07) is 67.0. The van der Waals surface area contributed by atoms with Gasteiger partial charge < -0.3 is 4.57 Å². The molecule has 0 aliphatic heterocycles. The van der Waals surface area contributed by atoms with Gasteiger partial charge in [-0.05, 0) is 94.4 Å². The van der Waals surface area contributed by atoms with Crippen molar-refractivity contribution in [3.8, 4) is 50.6 Å². The molecule has 0 aliphatic carbocycles. The fourth-order valence-corrected chi connectivity index (χ4v) is 10.0. The number of benzene rings is 8. The predicted octanol–water partition coefficient (Wildman–Crippen LogP) is 14.3. The van der Waals surface area contributed by atoms with Crippen molar-refractivity contribution in [3.63, 3.8) is 0 Å². The molecule has 8 aromatic carbocycles. The van der Waals surface area contributed by atoms with Crippen LogP contribution in [0.15, 0.2) is 194 Å². The minimum absolute atomic E-state index is 0.660. The Kier molecular flexibility index (Phi) is 7.37. The molecule has 0 aliphatic rings. The molecule has 4 nitrogen and oxygen atoms in total. The summed E-state index contributed by atoms with van der Waals surface area (Å²) < 4.78 is 5.08. The number of thiophene rings is 1. The van der Waals surface area contributed by atoms with Gasteiger partial charge in [-0.1, -0.05) is 121 Å². The SMILES string of the molecule is c1ccc(-c2cc(-c3ccccc3)cc(-c3nc(-c4ccc(-n5c6ccccc6c6c7ccccc7c7sc8ccccc8c7c65)cc4)nc4cccnc34)c2)cc1. The molecule has 0 saturated carbocycles. The molecule has 0 spiro atoms. The highest BCUT2D eigenvalue weighted by atomic mass is 32.1. The Morgan fingerprint density at radius 2 is 1.05 bits per heavy atom. The molecule has 0 atom stereocenters. The highest BCUT2D eigenvalue weighted by Crippen LogP contribution is 2.48. The Hall–Kier alpha value is -7.47. The van der Waals surface area contributed by atoms with Gasteiger partial charge in [-0.25, -0.2) is 9.97 Å². The van der Waals surface area contributed by atoms with Crippen molar-refractivity contribution in [2.24, 2.45) is 0 Å². The van der Waals surface area contributed by atoms with Crippen LogP contribution in [0.2, 0.25) is 0 Å². The summed E-state index contributed by atoms with van der Waals surface area (Å²) >= 11 is 1.88. The third-order valence-corrected chi connectivity index (χ3v) is 12.6. The van der Waals surface area contributed by atoms with Crippen molar-refractivity contribution in [2.75, 3.05) is 0 Å². The van der Waals surface area contributed by atoms with E-state index in [0.717, 1.165) is 55.8 Å². The zero-order valence-corrected chi connectivity index (χ0v) is 32.0. The Bertz CT molecular complexity index is 3490. The lowest BCUT2D eigenvalue weighted by Gasteiger charge is -2.14. The summed E-state index contributed by atoms with van der Waals surface area (Å²) in [6.45, 7) is 0. The van der Waals surface area contributed by atoms with Crippen molar-refractivity contribution >= 4 is 75.1 Å². The number of para-hydroxylation sites is 1. The number of nitrogens with zero attached hydrogens (tertiary/aromatic N) is 4. The first-order valence-electron chi connectivity index (χ1n) is 19.5. The molecule has 4 heterocycles. The van der Waals surface area contributed by atoms with Crippen molar-refractivity contribution < 1.29 is 0 Å². The lowest BCUT2D eigenvalue weighted by atomic mass is 9.94. The molecule has 0 unspecified atom stereocenters. The van der Waals surface area contributed by atoms with Gasteiger partial charge in [0.1, 0.15) is 11.2 Å². The molecule has 12 aromatic rings. The third kappa shape index (κ3) is 5.11. The second-order valence-corrected chi connectivity index (χ2v) is 15.8. The van der Waals surface area contributed by atoms with Crippen LogP contribution in [-0.4, -0.2) is 19.5 Å². The Labute approximate surface area is 338 Å². The Balaban J connectivity index is 1.06. The Morgan fingerprint density at radius 1 is 0.431 bits per heavy atom. The third-order valence-electron chi connectivity index (χ3n) is 11.4. The lowest BCUT2D eigenvalue weighted by Crippen LogP contribution is -1.98. The van der Waals surface area contributed by atoms with Gasteiger partial charge in [0.25, 0.3) is 0 Å². The van der Waals surface area contributed by atoms with E-state index in [-0.39, 0.29) is 0 Å². The van der Waals surface area contributed by atoms with Crippen LogP contribution in [0.25, 0.3) is 114 Å². The summed E-state index contributed by atoms with van der Waals surface area (Å²) in [5, 5.41) is 7.70. The van der Waals surface area contributed by atoms with E-state index in [1.54, 1.807) is 0 Å². The number of hydrogen-bond donors (Lipinski definition) is 0. The first-order chi connectivity index (χ1) is 28.8. The largest absolute Gasteiger partial charge is 0.309 e. The number of hydrogen-bond acceptors (Lipinski definition) is 4. The molecule has 0 bridgehead atoms. The molecule has 12 rings (SSSR count). The van der Waals surface area contributed by atoms with Crippen LogP contribution in [0.5, 0.6) is 0 Å². The van der Waals surface area contributed by atoms with E-state index in [4.69, 9.17) is 15.0 Å². The fourth-order valence-electron chi connectivity index (χ4n) is 8.80. The standard InChI is InChI=1S/C53H32N4S/c1-3-14-33(15-4-1)36-30-37(34-16-5-2-6-17-34)32-38(31-36)49-50-44(22-13-29-54-50)55-53(56-49)35-25-27-39(28-26-35)57-45-23-11-9-20-42(45)47-40-18-7-8-19-41(40)52-48(51(47)57)43-21-10-12-24-46(43)58-52/h1-32H. The first-order valence-corrected chi connectivity index (χ1v) is 20.3. The summed E-state index contributed by atoms with van der Waals surface area (Å²) in [7, 11) is 0. The molecule has 0 fully saturated rings. The van der Waals surface area contributed by atoms with Gasteiger partial charge in [0.15, 0.2) is 5.82 Å². The van der Waals surface area contributed by atoms with Crippen molar-refractivity contribution in [3.05, 3.63) is 194 Å². The summed E-state index contributed by atoms with van der Waals surface area (Å²) in [5.74, 6) is 0.660. The zero-order valence-electron chi connectivity index (χ0n) is 31.2. The van der Waals surface area contributed by atoms with Gasteiger partial charge >= 0.3 is 0 Å². The molecule has 0 saturated heterocycles. The molecular formula is C53H32N4S. The van der Waals surface area contributed by atoms with E-state index in [9.17, 15) is 0 Å². The zero-order chi connectivity index (χ0) is 38.2. The highest BCUT2D eigenvalue weighted by Gasteiger charge is 2.22.